The molecule has 0 atom stereocenters. The number of amides is 4. The Kier molecular flexibility index (Phi) is 6.44. The molecule has 0 radical (unpaired) electrons. The molecule has 0 aliphatic heterocycles. The van der Waals surface area contributed by atoms with Gasteiger partial charge in [-0.25, -0.2) is 9.59 Å². The summed E-state index contributed by atoms with van der Waals surface area (Å²) in [6, 6.07) is -1.85. The number of nitrogens with one attached hydrogen (secondary N) is 2. The van der Waals surface area contributed by atoms with Crippen LogP contribution in [-0.2, 0) is 24.9 Å². The minimum Gasteiger partial charge on any atom is -0.370 e. The summed E-state index contributed by atoms with van der Waals surface area (Å²) < 4.78 is 5.83. The second-order valence-electron chi connectivity index (χ2n) is 2.82. The Morgan fingerprint density at radius 3 is 1.39 bits per heavy atom. The number of urea groups is 2. The standard InChI is InChI=1S/C6H10N8O2S2/c7-3(8)13(5(15)11-17)1-2-14(4(9)10)6(16)12-18/h1-2H2,(H3,7,8)(H3,9,10). The van der Waals surface area contributed by atoms with E-state index in [1.165, 1.54) is 0 Å². The van der Waals surface area contributed by atoms with Crippen LogP contribution in [0.15, 0.2) is 8.73 Å². The molecule has 0 fully saturated rings. The number of rotatable bonds is 3. The maximum absolute atomic E-state index is 11.2. The largest absolute Gasteiger partial charge is 0.370 e. The van der Waals surface area contributed by atoms with Gasteiger partial charge in [-0.05, 0) is 0 Å². The van der Waals surface area contributed by atoms with Gasteiger partial charge in [0.05, 0.1) is 0 Å². The topological polar surface area (TPSA) is 165 Å². The van der Waals surface area contributed by atoms with Crippen molar-refractivity contribution in [2.24, 2.45) is 20.2 Å². The van der Waals surface area contributed by atoms with Crippen molar-refractivity contribution in [2.75, 3.05) is 13.1 Å². The van der Waals surface area contributed by atoms with Crippen LogP contribution in [-0.4, -0.2) is 46.9 Å². The van der Waals surface area contributed by atoms with E-state index in [-0.39, 0.29) is 13.1 Å². The first kappa shape index (κ1) is 15.9. The third kappa shape index (κ3) is 4.42. The highest BCUT2D eigenvalue weighted by molar-refractivity contribution is 7.48. The number of guanidine groups is 2. The molecule has 0 unspecified atom stereocenters. The summed E-state index contributed by atoms with van der Waals surface area (Å²) in [5.41, 5.74) is 10.3. The van der Waals surface area contributed by atoms with Gasteiger partial charge in [0.2, 0.25) is 0 Å². The van der Waals surface area contributed by atoms with Crippen LogP contribution < -0.4 is 11.5 Å². The van der Waals surface area contributed by atoms with Crippen molar-refractivity contribution in [1.82, 2.24) is 9.80 Å². The molecule has 0 bridgehead atoms. The maximum Gasteiger partial charge on any atom is 0.361 e. The molecular formula is C6H10N8O2S2. The van der Waals surface area contributed by atoms with Crippen LogP contribution in [0.4, 0.5) is 9.59 Å². The van der Waals surface area contributed by atoms with Crippen molar-refractivity contribution in [3.63, 3.8) is 0 Å². The lowest BCUT2D eigenvalue weighted by atomic mass is 10.5. The van der Waals surface area contributed by atoms with E-state index < -0.39 is 24.0 Å². The summed E-state index contributed by atoms with van der Waals surface area (Å²) >= 11 is 8.35. The highest BCUT2D eigenvalue weighted by Crippen LogP contribution is 1.97. The van der Waals surface area contributed by atoms with Crippen LogP contribution in [0.1, 0.15) is 0 Å². The van der Waals surface area contributed by atoms with Gasteiger partial charge in [-0.15, -0.1) is 8.73 Å². The summed E-state index contributed by atoms with van der Waals surface area (Å²) in [6.45, 7) is -0.436. The molecule has 0 rings (SSSR count). The molecule has 0 aliphatic rings. The first-order valence-electron chi connectivity index (χ1n) is 4.32. The van der Waals surface area contributed by atoms with Crippen LogP contribution in [0.5, 0.6) is 0 Å². The van der Waals surface area contributed by atoms with Crippen molar-refractivity contribution in [2.45, 2.75) is 0 Å². The minimum absolute atomic E-state index is 0.218. The molecule has 18 heavy (non-hydrogen) atoms. The highest BCUT2D eigenvalue weighted by atomic mass is 32.1. The zero-order valence-corrected chi connectivity index (χ0v) is 10.6. The molecule has 10 nitrogen and oxygen atoms in total. The van der Waals surface area contributed by atoms with E-state index in [0.29, 0.717) is 9.80 Å². The second kappa shape index (κ2) is 7.29. The minimum atomic E-state index is -0.927. The van der Waals surface area contributed by atoms with Crippen LogP contribution in [0.3, 0.4) is 0 Å². The third-order valence-corrected chi connectivity index (χ3v) is 2.06. The third-order valence-electron chi connectivity index (χ3n) is 1.75. The molecule has 0 spiro atoms. The molecule has 0 aliphatic carbocycles. The Hall–Kier alpha value is -2.08. The summed E-state index contributed by atoms with van der Waals surface area (Å²) in [7, 11) is 0. The number of carbonyl (C=O) groups is 2. The number of nitrogens with two attached hydrogens (primary N) is 2. The van der Waals surface area contributed by atoms with E-state index in [1.807, 2.05) is 0 Å². The predicted molar refractivity (Wildman–Crippen MR) is 67.6 cm³/mol. The Bertz CT molecular complexity index is 372. The van der Waals surface area contributed by atoms with E-state index in [0.717, 1.165) is 0 Å². The SMILES string of the molecule is N=C(N)N(CCN(C(=N)N)C(=O)N=S)C(=O)N=S. The van der Waals surface area contributed by atoms with Crippen LogP contribution in [0.25, 0.3) is 0 Å². The molecule has 0 aromatic rings. The van der Waals surface area contributed by atoms with Gasteiger partial charge >= 0.3 is 12.1 Å². The van der Waals surface area contributed by atoms with Gasteiger partial charge in [0, 0.05) is 37.9 Å². The Balaban J connectivity index is 4.76. The molecular weight excluding hydrogens is 280 g/mol. The van der Waals surface area contributed by atoms with Crippen LogP contribution >= 0.6 is 0 Å². The molecule has 12 heteroatoms. The first-order valence-corrected chi connectivity index (χ1v) is 5.06. The predicted octanol–water partition coefficient (Wildman–Crippen LogP) is -0.922. The molecule has 0 aromatic carbocycles. The number of carbonyl (C=O) groups excluding carboxylic acids is 2. The fraction of sp³-hybridized carbons (Fsp3) is 0.333. The second-order valence-corrected chi connectivity index (χ2v) is 3.19. The van der Waals surface area contributed by atoms with E-state index in [2.05, 4.69) is 33.6 Å². The van der Waals surface area contributed by atoms with Crippen molar-refractivity contribution >= 4 is 48.8 Å². The van der Waals surface area contributed by atoms with E-state index in [4.69, 9.17) is 22.3 Å². The van der Waals surface area contributed by atoms with Crippen molar-refractivity contribution < 1.29 is 9.59 Å². The normalized spacial score (nSPS) is 9.11. The van der Waals surface area contributed by atoms with Crippen LogP contribution in [0, 0.1) is 10.8 Å². The quantitative estimate of drug-likeness (QED) is 0.387. The lowest BCUT2D eigenvalue weighted by Gasteiger charge is -2.22. The average molecular weight is 290 g/mol. The smallest absolute Gasteiger partial charge is 0.361 e. The zero-order chi connectivity index (χ0) is 14.3. The van der Waals surface area contributed by atoms with Gasteiger partial charge in [0.1, 0.15) is 0 Å². The van der Waals surface area contributed by atoms with Crippen molar-refractivity contribution in [3.8, 4) is 0 Å². The van der Waals surface area contributed by atoms with Gasteiger partial charge < -0.3 is 11.5 Å². The van der Waals surface area contributed by atoms with E-state index in [9.17, 15) is 9.59 Å². The molecule has 4 amide bonds. The van der Waals surface area contributed by atoms with E-state index in [1.54, 1.807) is 0 Å². The van der Waals surface area contributed by atoms with Crippen molar-refractivity contribution in [3.05, 3.63) is 0 Å². The molecule has 0 saturated heterocycles. The Morgan fingerprint density at radius 2 is 1.22 bits per heavy atom. The number of nitrogens with zero attached hydrogens (tertiary/aromatic N) is 4. The van der Waals surface area contributed by atoms with Gasteiger partial charge in [0.25, 0.3) is 0 Å². The molecule has 0 aromatic heterocycles. The number of hydrogen-bond acceptors (Lipinski definition) is 6. The highest BCUT2D eigenvalue weighted by Gasteiger charge is 2.20. The lowest BCUT2D eigenvalue weighted by Crippen LogP contribution is -2.48. The van der Waals surface area contributed by atoms with Gasteiger partial charge in [-0.3, -0.25) is 20.6 Å². The maximum atomic E-state index is 11.2. The van der Waals surface area contributed by atoms with Gasteiger partial charge in [-0.1, -0.05) is 0 Å². The van der Waals surface area contributed by atoms with Gasteiger partial charge in [-0.2, -0.15) is 0 Å². The van der Waals surface area contributed by atoms with Crippen LogP contribution in [0.2, 0.25) is 0 Å². The lowest BCUT2D eigenvalue weighted by molar-refractivity contribution is 0.218. The van der Waals surface area contributed by atoms with Crippen molar-refractivity contribution in [1.29, 1.82) is 10.8 Å². The summed E-state index contributed by atoms with van der Waals surface area (Å²) in [5, 5.41) is 14.3. The molecule has 98 valence electrons. The zero-order valence-electron chi connectivity index (χ0n) is 8.99. The molecule has 6 N–H and O–H groups in total. The molecule has 0 heterocycles. The Morgan fingerprint density at radius 1 is 0.944 bits per heavy atom. The Labute approximate surface area is 113 Å². The fourth-order valence-corrected chi connectivity index (χ4v) is 1.13. The molecule has 0 saturated carbocycles. The number of hydrogen-bond donors (Lipinski definition) is 4. The average Bonchev–Trinajstić information content (AvgIpc) is 2.31. The fourth-order valence-electron chi connectivity index (χ4n) is 0.937. The summed E-state index contributed by atoms with van der Waals surface area (Å²) in [4.78, 5) is 23.8. The summed E-state index contributed by atoms with van der Waals surface area (Å²) in [6.07, 6.45) is 0. The van der Waals surface area contributed by atoms with E-state index >= 15 is 0 Å². The van der Waals surface area contributed by atoms with Gasteiger partial charge in [0.15, 0.2) is 11.9 Å². The summed E-state index contributed by atoms with van der Waals surface area (Å²) in [5.74, 6) is -1.19. The first-order chi connectivity index (χ1) is 8.34. The monoisotopic (exact) mass is 290 g/mol.